The standard InChI is InChI=1S/C18H16F2N4S/c1-2-25-24(15-6-4-3-5-7-15)12-14-9-8-13(11-21-14)16-10-17(18(19)20)23-22-16/h2-9,11,18H,1,10,12H2. The van der Waals surface area contributed by atoms with Crippen LogP contribution in [0.3, 0.4) is 0 Å². The Hall–Kier alpha value is -2.54. The van der Waals surface area contributed by atoms with Crippen LogP contribution in [0.1, 0.15) is 17.7 Å². The molecule has 0 amide bonds. The van der Waals surface area contributed by atoms with Crippen molar-refractivity contribution in [1.29, 1.82) is 0 Å². The molecule has 0 unspecified atom stereocenters. The number of pyridine rings is 1. The summed E-state index contributed by atoms with van der Waals surface area (Å²) in [6.07, 6.45) is -0.843. The summed E-state index contributed by atoms with van der Waals surface area (Å²) < 4.78 is 27.3. The van der Waals surface area contributed by atoms with Gasteiger partial charge in [-0.15, -0.1) is 0 Å². The van der Waals surface area contributed by atoms with Gasteiger partial charge in [0.2, 0.25) is 0 Å². The third kappa shape index (κ3) is 4.30. The molecule has 0 fully saturated rings. The Morgan fingerprint density at radius 2 is 1.96 bits per heavy atom. The number of hydrogen-bond acceptors (Lipinski definition) is 5. The van der Waals surface area contributed by atoms with Gasteiger partial charge < -0.3 is 4.31 Å². The fourth-order valence-electron chi connectivity index (χ4n) is 2.36. The molecule has 0 saturated heterocycles. The quantitative estimate of drug-likeness (QED) is 0.674. The number of alkyl halides is 2. The number of para-hydroxylation sites is 1. The number of aromatic nitrogens is 1. The zero-order valence-corrected chi connectivity index (χ0v) is 14.2. The monoisotopic (exact) mass is 358 g/mol. The van der Waals surface area contributed by atoms with E-state index < -0.39 is 6.43 Å². The molecule has 25 heavy (non-hydrogen) atoms. The van der Waals surface area contributed by atoms with E-state index in [1.54, 1.807) is 11.6 Å². The van der Waals surface area contributed by atoms with Crippen molar-refractivity contribution in [3.05, 3.63) is 71.9 Å². The fourth-order valence-corrected chi connectivity index (χ4v) is 2.99. The minimum atomic E-state index is -2.57. The highest BCUT2D eigenvalue weighted by Gasteiger charge is 2.22. The number of benzene rings is 1. The number of nitrogens with zero attached hydrogens (tertiary/aromatic N) is 4. The van der Waals surface area contributed by atoms with E-state index in [0.29, 0.717) is 17.8 Å². The van der Waals surface area contributed by atoms with E-state index in [0.717, 1.165) is 11.4 Å². The molecule has 7 heteroatoms. The van der Waals surface area contributed by atoms with Gasteiger partial charge in [0.15, 0.2) is 0 Å². The lowest BCUT2D eigenvalue weighted by Gasteiger charge is -2.21. The Morgan fingerprint density at radius 1 is 1.16 bits per heavy atom. The predicted octanol–water partition coefficient (Wildman–Crippen LogP) is 4.69. The summed E-state index contributed by atoms with van der Waals surface area (Å²) in [5, 5.41) is 9.13. The summed E-state index contributed by atoms with van der Waals surface area (Å²) in [7, 11) is 0. The third-order valence-electron chi connectivity index (χ3n) is 3.61. The van der Waals surface area contributed by atoms with Gasteiger partial charge in [-0.1, -0.05) is 24.8 Å². The third-order valence-corrected chi connectivity index (χ3v) is 4.35. The van der Waals surface area contributed by atoms with Gasteiger partial charge in [-0.2, -0.15) is 10.2 Å². The summed E-state index contributed by atoms with van der Waals surface area (Å²) in [4.78, 5) is 4.43. The van der Waals surface area contributed by atoms with E-state index >= 15 is 0 Å². The molecule has 1 aromatic carbocycles. The maximum Gasteiger partial charge on any atom is 0.278 e. The van der Waals surface area contributed by atoms with Gasteiger partial charge in [-0.3, -0.25) is 4.98 Å². The molecule has 1 aromatic heterocycles. The lowest BCUT2D eigenvalue weighted by Crippen LogP contribution is -2.14. The van der Waals surface area contributed by atoms with Gasteiger partial charge in [-0.05, 0) is 41.6 Å². The Bertz CT molecular complexity index is 788. The van der Waals surface area contributed by atoms with Crippen LogP contribution in [0, 0.1) is 0 Å². The molecule has 0 saturated carbocycles. The van der Waals surface area contributed by atoms with Gasteiger partial charge in [0.05, 0.1) is 18.0 Å². The van der Waals surface area contributed by atoms with Gasteiger partial charge in [-0.25, -0.2) is 8.78 Å². The van der Waals surface area contributed by atoms with Crippen molar-refractivity contribution >= 4 is 29.1 Å². The smallest absolute Gasteiger partial charge is 0.278 e. The molecule has 2 aromatic rings. The van der Waals surface area contributed by atoms with Crippen molar-refractivity contribution in [2.45, 2.75) is 19.4 Å². The molecule has 0 aliphatic carbocycles. The molecule has 2 heterocycles. The molecular weight excluding hydrogens is 342 g/mol. The highest BCUT2D eigenvalue weighted by molar-refractivity contribution is 8.03. The lowest BCUT2D eigenvalue weighted by atomic mass is 10.1. The van der Waals surface area contributed by atoms with Crippen LogP contribution in [0.25, 0.3) is 0 Å². The van der Waals surface area contributed by atoms with Crippen LogP contribution < -0.4 is 4.31 Å². The van der Waals surface area contributed by atoms with Crippen molar-refractivity contribution in [1.82, 2.24) is 4.98 Å². The van der Waals surface area contributed by atoms with E-state index in [9.17, 15) is 8.78 Å². The molecular formula is C18H16F2N4S. The van der Waals surface area contributed by atoms with Crippen LogP contribution in [-0.4, -0.2) is 22.8 Å². The first-order chi connectivity index (χ1) is 12.2. The second-order valence-electron chi connectivity index (χ2n) is 5.30. The summed E-state index contributed by atoms with van der Waals surface area (Å²) in [5.74, 6) is 0. The van der Waals surface area contributed by atoms with Crippen molar-refractivity contribution in [2.75, 3.05) is 4.31 Å². The van der Waals surface area contributed by atoms with E-state index in [1.165, 1.54) is 11.9 Å². The Kier molecular flexibility index (Phi) is 5.55. The van der Waals surface area contributed by atoms with Crippen LogP contribution in [-0.2, 0) is 6.54 Å². The minimum absolute atomic E-state index is 0.0706. The molecule has 1 aliphatic rings. The van der Waals surface area contributed by atoms with Crippen LogP contribution in [0.4, 0.5) is 14.5 Å². The number of hydrogen-bond donors (Lipinski definition) is 0. The lowest BCUT2D eigenvalue weighted by molar-refractivity contribution is 0.224. The average Bonchev–Trinajstić information content (AvgIpc) is 3.13. The van der Waals surface area contributed by atoms with E-state index in [4.69, 9.17) is 0 Å². The molecule has 128 valence electrons. The van der Waals surface area contributed by atoms with Crippen LogP contribution in [0.15, 0.2) is 70.9 Å². The second-order valence-corrected chi connectivity index (χ2v) is 6.28. The normalized spacial score (nSPS) is 13.6. The molecule has 4 nitrogen and oxygen atoms in total. The van der Waals surface area contributed by atoms with Gasteiger partial charge in [0.1, 0.15) is 5.71 Å². The maximum atomic E-state index is 12.6. The van der Waals surface area contributed by atoms with Crippen molar-refractivity contribution < 1.29 is 8.78 Å². The van der Waals surface area contributed by atoms with Crippen LogP contribution in [0.2, 0.25) is 0 Å². The molecule has 0 spiro atoms. The Morgan fingerprint density at radius 3 is 2.56 bits per heavy atom. The number of anilines is 1. The maximum absolute atomic E-state index is 12.6. The van der Waals surface area contributed by atoms with Crippen LogP contribution in [0.5, 0.6) is 0 Å². The Balaban J connectivity index is 1.69. The first-order valence-electron chi connectivity index (χ1n) is 7.64. The molecule has 0 bridgehead atoms. The molecule has 0 radical (unpaired) electrons. The van der Waals surface area contributed by atoms with Gasteiger partial charge >= 0.3 is 0 Å². The first-order valence-corrected chi connectivity index (χ1v) is 8.48. The van der Waals surface area contributed by atoms with Crippen molar-refractivity contribution in [3.63, 3.8) is 0 Å². The second kappa shape index (κ2) is 8.02. The van der Waals surface area contributed by atoms with Gasteiger partial charge in [0, 0.05) is 23.9 Å². The van der Waals surface area contributed by atoms with Crippen molar-refractivity contribution in [3.8, 4) is 0 Å². The molecule has 0 atom stereocenters. The SMILES string of the molecule is C=CSN(Cc1ccc(C2=NN=C(C(F)F)C2)cn1)c1ccccc1. The summed E-state index contributed by atoms with van der Waals surface area (Å²) in [5.41, 5.74) is 2.95. The summed E-state index contributed by atoms with van der Waals surface area (Å²) >= 11 is 1.49. The number of rotatable bonds is 7. The van der Waals surface area contributed by atoms with E-state index in [2.05, 4.69) is 26.1 Å². The summed E-state index contributed by atoms with van der Waals surface area (Å²) in [6, 6.07) is 13.7. The molecule has 0 N–H and O–H groups in total. The zero-order chi connectivity index (χ0) is 17.6. The van der Waals surface area contributed by atoms with E-state index in [-0.39, 0.29) is 12.1 Å². The first kappa shape index (κ1) is 17.3. The fraction of sp³-hybridized carbons (Fsp3) is 0.167. The molecule has 3 rings (SSSR count). The number of halogens is 2. The van der Waals surface area contributed by atoms with Crippen LogP contribution >= 0.6 is 11.9 Å². The largest absolute Gasteiger partial charge is 0.307 e. The highest BCUT2D eigenvalue weighted by atomic mass is 32.2. The predicted molar refractivity (Wildman–Crippen MR) is 99.2 cm³/mol. The summed E-state index contributed by atoms with van der Waals surface area (Å²) in [6.45, 7) is 4.36. The van der Waals surface area contributed by atoms with E-state index in [1.807, 2.05) is 42.5 Å². The average molecular weight is 358 g/mol. The Labute approximate surface area is 149 Å². The zero-order valence-electron chi connectivity index (χ0n) is 13.3. The topological polar surface area (TPSA) is 40.9 Å². The molecule has 1 aliphatic heterocycles. The minimum Gasteiger partial charge on any atom is -0.307 e. The highest BCUT2D eigenvalue weighted by Crippen LogP contribution is 2.25. The van der Waals surface area contributed by atoms with Crippen molar-refractivity contribution in [2.24, 2.45) is 10.2 Å². The van der Waals surface area contributed by atoms with Gasteiger partial charge in [0.25, 0.3) is 6.43 Å².